The molecule has 0 saturated carbocycles. The second-order valence-electron chi connectivity index (χ2n) is 4.70. The van der Waals surface area contributed by atoms with E-state index in [9.17, 15) is 9.59 Å². The van der Waals surface area contributed by atoms with Gasteiger partial charge in [-0.25, -0.2) is 4.79 Å². The molecule has 1 N–H and O–H groups in total. The second kappa shape index (κ2) is 5.82. The van der Waals surface area contributed by atoms with Gasteiger partial charge in [0, 0.05) is 4.88 Å². The Hall–Kier alpha value is -1.62. The van der Waals surface area contributed by atoms with Crippen LogP contribution in [0.4, 0.5) is 4.79 Å². The lowest BCUT2D eigenvalue weighted by Gasteiger charge is -2.22. The van der Waals surface area contributed by atoms with Gasteiger partial charge in [-0.05, 0) is 38.3 Å². The van der Waals surface area contributed by atoms with Crippen LogP contribution < -0.4 is 5.32 Å². The lowest BCUT2D eigenvalue weighted by atomic mass is 10.1. The highest BCUT2D eigenvalue weighted by Crippen LogP contribution is 2.21. The van der Waals surface area contributed by atoms with E-state index in [1.54, 1.807) is 26.8 Å². The van der Waals surface area contributed by atoms with Crippen molar-refractivity contribution in [3.63, 3.8) is 0 Å². The number of amides is 1. The highest BCUT2D eigenvalue weighted by atomic mass is 32.1. The van der Waals surface area contributed by atoms with Crippen molar-refractivity contribution in [1.29, 1.82) is 0 Å². The van der Waals surface area contributed by atoms with Crippen LogP contribution in [0.3, 0.4) is 0 Å². The molecule has 5 heteroatoms. The quantitative estimate of drug-likeness (QED) is 0.853. The van der Waals surface area contributed by atoms with Crippen LogP contribution in [0.25, 0.3) is 0 Å². The summed E-state index contributed by atoms with van der Waals surface area (Å²) in [4.78, 5) is 24.2. The fraction of sp³-hybridized carbons (Fsp3) is 0.385. The van der Waals surface area contributed by atoms with Gasteiger partial charge in [-0.1, -0.05) is 12.6 Å². The Morgan fingerprint density at radius 3 is 2.61 bits per heavy atom. The molecular weight excluding hydrogens is 250 g/mol. The minimum absolute atomic E-state index is 0.261. The second-order valence-corrected chi connectivity index (χ2v) is 5.68. The van der Waals surface area contributed by atoms with Crippen molar-refractivity contribution in [2.24, 2.45) is 0 Å². The van der Waals surface area contributed by atoms with Crippen LogP contribution in [-0.2, 0) is 9.53 Å². The molecule has 4 nitrogen and oxygen atoms in total. The van der Waals surface area contributed by atoms with Gasteiger partial charge in [0.1, 0.15) is 11.6 Å². The third kappa shape index (κ3) is 4.33. The summed E-state index contributed by atoms with van der Waals surface area (Å²) >= 11 is 1.40. The lowest BCUT2D eigenvalue weighted by molar-refractivity contribution is -0.116. The predicted octanol–water partition coefficient (Wildman–Crippen LogP) is 3.07. The molecule has 0 aromatic carbocycles. The van der Waals surface area contributed by atoms with Crippen molar-refractivity contribution in [3.05, 3.63) is 35.0 Å². The molecule has 0 aliphatic heterocycles. The number of nitrogens with one attached hydrogen (secondary N) is 1. The topological polar surface area (TPSA) is 55.4 Å². The molecule has 18 heavy (non-hydrogen) atoms. The highest BCUT2D eigenvalue weighted by Gasteiger charge is 2.24. The van der Waals surface area contributed by atoms with E-state index in [0.29, 0.717) is 0 Å². The zero-order valence-electron chi connectivity index (χ0n) is 10.7. The number of rotatable bonds is 4. The Kier molecular flexibility index (Phi) is 4.67. The SMILES string of the molecule is C=CC(=O)C(NC(=O)OC(C)(C)C)c1cccs1. The van der Waals surface area contributed by atoms with Gasteiger partial charge in [0.05, 0.1) is 0 Å². The number of alkyl carbamates (subject to hydrolysis) is 1. The van der Waals surface area contributed by atoms with E-state index in [1.807, 2.05) is 11.4 Å². The average molecular weight is 267 g/mol. The van der Waals surface area contributed by atoms with Gasteiger partial charge in [0.15, 0.2) is 5.78 Å². The van der Waals surface area contributed by atoms with Crippen molar-refractivity contribution in [3.8, 4) is 0 Å². The van der Waals surface area contributed by atoms with Crippen LogP contribution in [0.2, 0.25) is 0 Å². The molecule has 1 amide bonds. The predicted molar refractivity (Wildman–Crippen MR) is 71.6 cm³/mol. The Balaban J connectivity index is 2.78. The fourth-order valence-electron chi connectivity index (χ4n) is 1.28. The molecule has 1 aromatic rings. The van der Waals surface area contributed by atoms with Crippen molar-refractivity contribution >= 4 is 23.2 Å². The molecular formula is C13H17NO3S. The van der Waals surface area contributed by atoms with Crippen molar-refractivity contribution in [1.82, 2.24) is 5.32 Å². The maximum atomic E-state index is 11.7. The number of thiophene rings is 1. The van der Waals surface area contributed by atoms with Gasteiger partial charge in [-0.3, -0.25) is 4.79 Å². The first kappa shape index (κ1) is 14.4. The van der Waals surface area contributed by atoms with E-state index in [4.69, 9.17) is 4.74 Å². The Morgan fingerprint density at radius 2 is 2.17 bits per heavy atom. The average Bonchev–Trinajstić information content (AvgIpc) is 2.75. The molecule has 0 fully saturated rings. The number of carbonyl (C=O) groups is 2. The molecule has 1 atom stereocenters. The fourth-order valence-corrected chi connectivity index (χ4v) is 2.06. The third-order valence-corrected chi connectivity index (χ3v) is 2.91. The molecule has 98 valence electrons. The van der Waals surface area contributed by atoms with E-state index in [0.717, 1.165) is 4.88 Å². The molecule has 1 rings (SSSR count). The van der Waals surface area contributed by atoms with Crippen molar-refractivity contribution < 1.29 is 14.3 Å². The molecule has 0 saturated heterocycles. The van der Waals surface area contributed by atoms with Crippen LogP contribution in [0.15, 0.2) is 30.2 Å². The van der Waals surface area contributed by atoms with E-state index in [1.165, 1.54) is 17.4 Å². The number of hydrogen-bond acceptors (Lipinski definition) is 4. The molecule has 0 aliphatic rings. The number of hydrogen-bond donors (Lipinski definition) is 1. The van der Waals surface area contributed by atoms with Gasteiger partial charge in [0.25, 0.3) is 0 Å². The van der Waals surface area contributed by atoms with E-state index < -0.39 is 17.7 Å². The molecule has 0 aliphatic carbocycles. The normalized spacial score (nSPS) is 12.6. The van der Waals surface area contributed by atoms with E-state index >= 15 is 0 Å². The van der Waals surface area contributed by atoms with E-state index in [-0.39, 0.29) is 5.78 Å². The third-order valence-electron chi connectivity index (χ3n) is 1.97. The maximum Gasteiger partial charge on any atom is 0.408 e. The number of ether oxygens (including phenoxy) is 1. The molecule has 1 heterocycles. The molecule has 1 aromatic heterocycles. The van der Waals surface area contributed by atoms with E-state index in [2.05, 4.69) is 11.9 Å². The smallest absolute Gasteiger partial charge is 0.408 e. The largest absolute Gasteiger partial charge is 0.444 e. The first-order chi connectivity index (χ1) is 8.33. The van der Waals surface area contributed by atoms with Gasteiger partial charge in [-0.15, -0.1) is 11.3 Å². The number of ketones is 1. The summed E-state index contributed by atoms with van der Waals surface area (Å²) in [5, 5.41) is 4.40. The first-order valence-electron chi connectivity index (χ1n) is 5.52. The monoisotopic (exact) mass is 267 g/mol. The Bertz CT molecular complexity index is 432. The van der Waals surface area contributed by atoms with Crippen molar-refractivity contribution in [2.75, 3.05) is 0 Å². The van der Waals surface area contributed by atoms with Crippen LogP contribution in [0, 0.1) is 0 Å². The lowest BCUT2D eigenvalue weighted by Crippen LogP contribution is -2.37. The van der Waals surface area contributed by atoms with Crippen LogP contribution in [-0.4, -0.2) is 17.5 Å². The zero-order valence-corrected chi connectivity index (χ0v) is 11.5. The summed E-state index contributed by atoms with van der Waals surface area (Å²) in [6, 6.07) is 2.88. The maximum absolute atomic E-state index is 11.7. The van der Waals surface area contributed by atoms with Crippen molar-refractivity contribution in [2.45, 2.75) is 32.4 Å². The standard InChI is InChI=1S/C13H17NO3S/c1-5-9(15)11(10-7-6-8-18-10)14-12(16)17-13(2,3)4/h5-8,11H,1H2,2-4H3,(H,14,16). The highest BCUT2D eigenvalue weighted by molar-refractivity contribution is 7.10. The Labute approximate surface area is 111 Å². The molecule has 0 spiro atoms. The molecule has 0 radical (unpaired) electrons. The van der Waals surface area contributed by atoms with Gasteiger partial charge in [0.2, 0.25) is 0 Å². The number of carbonyl (C=O) groups excluding carboxylic acids is 2. The molecule has 1 unspecified atom stereocenters. The summed E-state index contributed by atoms with van der Waals surface area (Å²) < 4.78 is 5.13. The summed E-state index contributed by atoms with van der Waals surface area (Å²) in [5.41, 5.74) is -0.596. The Morgan fingerprint density at radius 1 is 1.50 bits per heavy atom. The minimum Gasteiger partial charge on any atom is -0.444 e. The van der Waals surface area contributed by atoms with Crippen LogP contribution in [0.1, 0.15) is 31.7 Å². The molecule has 0 bridgehead atoms. The van der Waals surface area contributed by atoms with Gasteiger partial charge >= 0.3 is 6.09 Å². The van der Waals surface area contributed by atoms with Crippen LogP contribution in [0.5, 0.6) is 0 Å². The summed E-state index contributed by atoms with van der Waals surface area (Å²) in [5.74, 6) is -0.261. The van der Waals surface area contributed by atoms with Crippen LogP contribution >= 0.6 is 11.3 Å². The zero-order chi connectivity index (χ0) is 13.8. The summed E-state index contributed by atoms with van der Waals surface area (Å²) in [7, 11) is 0. The first-order valence-corrected chi connectivity index (χ1v) is 6.40. The van der Waals surface area contributed by atoms with Gasteiger partial charge < -0.3 is 10.1 Å². The summed E-state index contributed by atoms with van der Waals surface area (Å²) in [6.45, 7) is 8.73. The van der Waals surface area contributed by atoms with Gasteiger partial charge in [-0.2, -0.15) is 0 Å². The summed E-state index contributed by atoms with van der Waals surface area (Å²) in [6.07, 6.45) is 0.581. The minimum atomic E-state index is -0.725.